The lowest BCUT2D eigenvalue weighted by atomic mass is 10.1. The fourth-order valence-electron chi connectivity index (χ4n) is 2.43. The van der Waals surface area contributed by atoms with Crippen LogP contribution in [-0.2, 0) is 16.0 Å². The lowest BCUT2D eigenvalue weighted by Crippen LogP contribution is -2.37. The molecule has 102 valence electrons. The minimum absolute atomic E-state index is 0.0156. The average Bonchev–Trinajstić information content (AvgIpc) is 2.57. The number of fused-ring (bicyclic) bond motifs is 1. The third-order valence-corrected chi connectivity index (χ3v) is 3.51. The molecule has 1 aromatic carbocycles. The molecule has 1 aromatic rings. The van der Waals surface area contributed by atoms with Crippen molar-refractivity contribution in [2.45, 2.75) is 19.8 Å². The van der Waals surface area contributed by atoms with Crippen LogP contribution in [0, 0.1) is 0 Å². The van der Waals surface area contributed by atoms with Crippen LogP contribution in [0.15, 0.2) is 18.2 Å². The summed E-state index contributed by atoms with van der Waals surface area (Å²) in [5.41, 5.74) is 8.15. The Labute approximate surface area is 113 Å². The molecule has 19 heavy (non-hydrogen) atoms. The third-order valence-electron chi connectivity index (χ3n) is 3.51. The Kier molecular flexibility index (Phi) is 3.85. The maximum absolute atomic E-state index is 12.0. The second-order valence-corrected chi connectivity index (χ2v) is 4.59. The van der Waals surface area contributed by atoms with Gasteiger partial charge in [-0.25, -0.2) is 0 Å². The molecule has 0 spiro atoms. The SMILES string of the molecule is CCc1cccc2c1N(C(=O)CN)CCC(=O)N2C. The summed E-state index contributed by atoms with van der Waals surface area (Å²) in [4.78, 5) is 27.3. The lowest BCUT2D eigenvalue weighted by Gasteiger charge is -2.25. The Hall–Kier alpha value is -1.88. The second-order valence-electron chi connectivity index (χ2n) is 4.59. The van der Waals surface area contributed by atoms with Crippen molar-refractivity contribution in [1.29, 1.82) is 0 Å². The maximum atomic E-state index is 12.0. The van der Waals surface area contributed by atoms with Gasteiger partial charge in [0, 0.05) is 20.0 Å². The number of carbonyl (C=O) groups excluding carboxylic acids is 2. The van der Waals surface area contributed by atoms with Crippen LogP contribution in [0.25, 0.3) is 0 Å². The van der Waals surface area contributed by atoms with Crippen molar-refractivity contribution in [1.82, 2.24) is 0 Å². The van der Waals surface area contributed by atoms with E-state index in [2.05, 4.69) is 0 Å². The van der Waals surface area contributed by atoms with E-state index in [4.69, 9.17) is 5.73 Å². The molecule has 1 aliphatic rings. The van der Waals surface area contributed by atoms with Gasteiger partial charge in [0.15, 0.2) is 0 Å². The maximum Gasteiger partial charge on any atom is 0.240 e. The number of hydrogen-bond donors (Lipinski definition) is 1. The standard InChI is InChI=1S/C14H19N3O2/c1-3-10-5-4-6-11-14(10)17(13(19)9-15)8-7-12(18)16(11)2/h4-6H,3,7-9,15H2,1-2H3. The van der Waals surface area contributed by atoms with Gasteiger partial charge in [0.05, 0.1) is 17.9 Å². The van der Waals surface area contributed by atoms with E-state index in [1.165, 1.54) is 0 Å². The normalized spacial score (nSPS) is 15.2. The van der Waals surface area contributed by atoms with Crippen LogP contribution in [-0.4, -0.2) is 32.0 Å². The van der Waals surface area contributed by atoms with Crippen LogP contribution in [0.4, 0.5) is 11.4 Å². The van der Waals surface area contributed by atoms with Crippen molar-refractivity contribution in [2.75, 3.05) is 29.9 Å². The zero-order chi connectivity index (χ0) is 14.0. The van der Waals surface area contributed by atoms with Gasteiger partial charge in [0.1, 0.15) is 0 Å². The molecule has 5 heteroatoms. The number of benzene rings is 1. The predicted octanol–water partition coefficient (Wildman–Crippen LogP) is 0.907. The molecule has 0 saturated carbocycles. The van der Waals surface area contributed by atoms with E-state index in [0.29, 0.717) is 13.0 Å². The van der Waals surface area contributed by atoms with Gasteiger partial charge >= 0.3 is 0 Å². The number of carbonyl (C=O) groups is 2. The van der Waals surface area contributed by atoms with E-state index >= 15 is 0 Å². The van der Waals surface area contributed by atoms with Crippen molar-refractivity contribution >= 4 is 23.2 Å². The Balaban J connectivity index is 2.61. The summed E-state index contributed by atoms with van der Waals surface area (Å²) in [6.45, 7) is 2.38. The number of anilines is 2. The smallest absolute Gasteiger partial charge is 0.240 e. The summed E-state index contributed by atoms with van der Waals surface area (Å²) in [7, 11) is 1.75. The third kappa shape index (κ3) is 2.33. The van der Waals surface area contributed by atoms with Gasteiger partial charge < -0.3 is 15.5 Å². The molecule has 0 aliphatic carbocycles. The van der Waals surface area contributed by atoms with Crippen LogP contribution in [0.3, 0.4) is 0 Å². The molecule has 0 unspecified atom stereocenters. The topological polar surface area (TPSA) is 66.6 Å². The molecule has 1 heterocycles. The highest BCUT2D eigenvalue weighted by Gasteiger charge is 2.28. The Bertz CT molecular complexity index is 513. The predicted molar refractivity (Wildman–Crippen MR) is 75.3 cm³/mol. The van der Waals surface area contributed by atoms with Crippen LogP contribution < -0.4 is 15.5 Å². The lowest BCUT2D eigenvalue weighted by molar-refractivity contribution is -0.118. The highest BCUT2D eigenvalue weighted by atomic mass is 16.2. The highest BCUT2D eigenvalue weighted by Crippen LogP contribution is 2.35. The second kappa shape index (κ2) is 5.40. The minimum Gasteiger partial charge on any atom is -0.322 e. The summed E-state index contributed by atoms with van der Waals surface area (Å²) in [6, 6.07) is 5.77. The van der Waals surface area contributed by atoms with Crippen molar-refractivity contribution in [2.24, 2.45) is 5.73 Å². The summed E-state index contributed by atoms with van der Waals surface area (Å²) >= 11 is 0. The fraction of sp³-hybridized carbons (Fsp3) is 0.429. The van der Waals surface area contributed by atoms with E-state index in [1.54, 1.807) is 16.8 Å². The first kappa shape index (κ1) is 13.5. The molecule has 0 bridgehead atoms. The molecule has 2 rings (SSSR count). The molecule has 2 amide bonds. The largest absolute Gasteiger partial charge is 0.322 e. The average molecular weight is 261 g/mol. The number of rotatable bonds is 2. The van der Waals surface area contributed by atoms with Crippen molar-refractivity contribution in [3.63, 3.8) is 0 Å². The highest BCUT2D eigenvalue weighted by molar-refractivity contribution is 6.06. The van der Waals surface area contributed by atoms with Crippen molar-refractivity contribution in [3.8, 4) is 0 Å². The van der Waals surface area contributed by atoms with Crippen LogP contribution in [0.2, 0.25) is 0 Å². The molecule has 0 fully saturated rings. The number of hydrogen-bond acceptors (Lipinski definition) is 3. The van der Waals surface area contributed by atoms with Gasteiger partial charge in [-0.15, -0.1) is 0 Å². The number of nitrogens with zero attached hydrogens (tertiary/aromatic N) is 2. The molecule has 2 N–H and O–H groups in total. The molecule has 0 aromatic heterocycles. The molecular formula is C14H19N3O2. The number of para-hydroxylation sites is 1. The van der Waals surface area contributed by atoms with Crippen LogP contribution in [0.5, 0.6) is 0 Å². The summed E-state index contributed by atoms with van der Waals surface area (Å²) < 4.78 is 0. The zero-order valence-electron chi connectivity index (χ0n) is 11.3. The van der Waals surface area contributed by atoms with Crippen LogP contribution in [0.1, 0.15) is 18.9 Å². The summed E-state index contributed by atoms with van der Waals surface area (Å²) in [5, 5.41) is 0. The van der Waals surface area contributed by atoms with Crippen molar-refractivity contribution < 1.29 is 9.59 Å². The molecule has 0 atom stereocenters. The van der Waals surface area contributed by atoms with Gasteiger partial charge in [-0.1, -0.05) is 19.1 Å². The number of nitrogens with two attached hydrogens (primary N) is 1. The van der Waals surface area contributed by atoms with Crippen LogP contribution >= 0.6 is 0 Å². The first-order valence-electron chi connectivity index (χ1n) is 6.49. The van der Waals surface area contributed by atoms with E-state index in [1.807, 2.05) is 25.1 Å². The molecular weight excluding hydrogens is 242 g/mol. The van der Waals surface area contributed by atoms with Gasteiger partial charge in [0.25, 0.3) is 0 Å². The quantitative estimate of drug-likeness (QED) is 0.860. The van der Waals surface area contributed by atoms with Gasteiger partial charge in [-0.05, 0) is 18.1 Å². The first-order valence-corrected chi connectivity index (χ1v) is 6.49. The summed E-state index contributed by atoms with van der Waals surface area (Å²) in [6.07, 6.45) is 1.12. The monoisotopic (exact) mass is 261 g/mol. The molecule has 0 saturated heterocycles. The molecule has 5 nitrogen and oxygen atoms in total. The van der Waals surface area contributed by atoms with Gasteiger partial charge in [0.2, 0.25) is 11.8 Å². The van der Waals surface area contributed by atoms with Gasteiger partial charge in [-0.3, -0.25) is 9.59 Å². The summed E-state index contributed by atoms with van der Waals surface area (Å²) in [5.74, 6) is -0.132. The van der Waals surface area contributed by atoms with E-state index < -0.39 is 0 Å². The Morgan fingerprint density at radius 3 is 2.79 bits per heavy atom. The molecule has 1 aliphatic heterocycles. The van der Waals surface area contributed by atoms with E-state index in [-0.39, 0.29) is 18.4 Å². The van der Waals surface area contributed by atoms with E-state index in [9.17, 15) is 9.59 Å². The Morgan fingerprint density at radius 2 is 2.16 bits per heavy atom. The van der Waals surface area contributed by atoms with E-state index in [0.717, 1.165) is 23.4 Å². The zero-order valence-corrected chi connectivity index (χ0v) is 11.3. The fourth-order valence-corrected chi connectivity index (χ4v) is 2.43. The van der Waals surface area contributed by atoms with Crippen molar-refractivity contribution in [3.05, 3.63) is 23.8 Å². The minimum atomic E-state index is -0.148. The molecule has 0 radical (unpaired) electrons. The Morgan fingerprint density at radius 1 is 1.42 bits per heavy atom. The number of aryl methyl sites for hydroxylation is 1. The number of amides is 2. The van der Waals surface area contributed by atoms with Gasteiger partial charge in [-0.2, -0.15) is 0 Å². The first-order chi connectivity index (χ1) is 9.10.